The smallest absolute Gasteiger partial charge is 0.317 e. The van der Waals surface area contributed by atoms with E-state index >= 15 is 0 Å². The number of carbonyl (C=O) groups excluding carboxylic acids is 1. The minimum atomic E-state index is 0.0698. The molecule has 0 aromatic carbocycles. The summed E-state index contributed by atoms with van der Waals surface area (Å²) in [7, 11) is 0. The molecule has 1 aromatic rings. The van der Waals surface area contributed by atoms with Crippen LogP contribution in [0.5, 0.6) is 0 Å². The van der Waals surface area contributed by atoms with Crippen LogP contribution in [0.25, 0.3) is 0 Å². The monoisotopic (exact) mass is 322 g/mol. The first kappa shape index (κ1) is 16.2. The van der Waals surface area contributed by atoms with Crippen molar-refractivity contribution < 1.29 is 9.32 Å². The van der Waals surface area contributed by atoms with Crippen LogP contribution in [-0.2, 0) is 6.42 Å². The van der Waals surface area contributed by atoms with Crippen LogP contribution >= 0.6 is 0 Å². The maximum atomic E-state index is 11.5. The van der Waals surface area contributed by atoms with Crippen LogP contribution in [0.15, 0.2) is 4.52 Å². The van der Waals surface area contributed by atoms with Crippen molar-refractivity contribution in [2.45, 2.75) is 26.3 Å². The highest BCUT2D eigenvalue weighted by Crippen LogP contribution is 2.20. The van der Waals surface area contributed by atoms with Crippen molar-refractivity contribution in [1.29, 1.82) is 0 Å². The summed E-state index contributed by atoms with van der Waals surface area (Å²) >= 11 is 0. The Labute approximate surface area is 136 Å². The lowest BCUT2D eigenvalue weighted by Crippen LogP contribution is -2.49. The zero-order chi connectivity index (χ0) is 16.2. The second-order valence-corrected chi connectivity index (χ2v) is 6.17. The molecule has 2 fully saturated rings. The van der Waals surface area contributed by atoms with Gasteiger partial charge in [-0.3, -0.25) is 9.80 Å². The minimum Gasteiger partial charge on any atom is -0.338 e. The van der Waals surface area contributed by atoms with Gasteiger partial charge >= 0.3 is 6.03 Å². The van der Waals surface area contributed by atoms with Gasteiger partial charge in [-0.05, 0) is 6.92 Å². The molecule has 0 saturated carbocycles. The first-order valence-electron chi connectivity index (χ1n) is 8.49. The van der Waals surface area contributed by atoms with Crippen molar-refractivity contribution in [3.8, 4) is 0 Å². The predicted molar refractivity (Wildman–Crippen MR) is 85.1 cm³/mol. The Hall–Kier alpha value is -1.67. The molecule has 8 nitrogen and oxygen atoms in total. The number of urea groups is 1. The quantitative estimate of drug-likeness (QED) is 0.813. The lowest BCUT2D eigenvalue weighted by Gasteiger charge is -2.37. The van der Waals surface area contributed by atoms with Crippen LogP contribution in [0.4, 0.5) is 4.79 Å². The molecule has 0 bridgehead atoms. The van der Waals surface area contributed by atoms with Gasteiger partial charge in [0.25, 0.3) is 0 Å². The lowest BCUT2D eigenvalue weighted by molar-refractivity contribution is 0.0846. The molecule has 2 aliphatic rings. The zero-order valence-electron chi connectivity index (χ0n) is 14.0. The predicted octanol–water partition coefficient (Wildman–Crippen LogP) is 0.336. The van der Waals surface area contributed by atoms with Crippen molar-refractivity contribution >= 4 is 6.03 Å². The van der Waals surface area contributed by atoms with E-state index in [1.807, 2.05) is 11.8 Å². The Kier molecular flexibility index (Phi) is 5.12. The average molecular weight is 322 g/mol. The van der Waals surface area contributed by atoms with E-state index in [-0.39, 0.29) is 12.1 Å². The molecule has 0 aliphatic carbocycles. The molecule has 0 unspecified atom stereocenters. The maximum Gasteiger partial charge on any atom is 0.317 e. The third kappa shape index (κ3) is 3.81. The summed E-state index contributed by atoms with van der Waals surface area (Å²) in [4.78, 5) is 22.7. The van der Waals surface area contributed by atoms with Crippen molar-refractivity contribution in [3.63, 3.8) is 0 Å². The van der Waals surface area contributed by atoms with E-state index in [1.165, 1.54) is 0 Å². The highest BCUT2D eigenvalue weighted by molar-refractivity contribution is 5.76. The molecule has 3 heterocycles. The average Bonchev–Trinajstić information content (AvgIpc) is 3.21. The van der Waals surface area contributed by atoms with Crippen LogP contribution in [0.1, 0.15) is 31.6 Å². The Morgan fingerprint density at radius 2 is 2.00 bits per heavy atom. The van der Waals surface area contributed by atoms with Crippen LogP contribution in [0.3, 0.4) is 0 Å². The van der Waals surface area contributed by atoms with Crippen LogP contribution in [0.2, 0.25) is 0 Å². The SMILES string of the molecule is CCc1noc([C@@H](C)N2CCN(CCN3CCNC3=O)CC2)n1. The number of amides is 2. The first-order chi connectivity index (χ1) is 11.2. The standard InChI is InChI=1S/C15H26N6O2/c1-3-13-17-14(23-18-13)12(2)20-9-6-19(7-10-20)8-11-21-5-4-16-15(21)22/h12H,3-11H2,1-2H3,(H,16,22)/t12-/m1/s1. The number of aromatic nitrogens is 2. The van der Waals surface area contributed by atoms with Gasteiger partial charge in [-0.25, -0.2) is 4.79 Å². The largest absolute Gasteiger partial charge is 0.338 e. The number of piperazine rings is 1. The number of hydrogen-bond acceptors (Lipinski definition) is 6. The molecule has 1 aromatic heterocycles. The fourth-order valence-corrected chi connectivity index (χ4v) is 3.10. The van der Waals surface area contributed by atoms with Crippen molar-refractivity contribution in [2.24, 2.45) is 0 Å². The normalized spacial score (nSPS) is 21.7. The molecule has 1 atom stereocenters. The van der Waals surface area contributed by atoms with E-state index in [2.05, 4.69) is 32.2 Å². The van der Waals surface area contributed by atoms with Crippen molar-refractivity contribution in [3.05, 3.63) is 11.7 Å². The second kappa shape index (κ2) is 7.27. The second-order valence-electron chi connectivity index (χ2n) is 6.17. The molecular formula is C15H26N6O2. The molecule has 3 rings (SSSR count). The summed E-state index contributed by atoms with van der Waals surface area (Å²) in [5.74, 6) is 1.48. The summed E-state index contributed by atoms with van der Waals surface area (Å²) in [6, 6.07) is 0.231. The van der Waals surface area contributed by atoms with Crippen molar-refractivity contribution in [2.75, 3.05) is 52.4 Å². The van der Waals surface area contributed by atoms with E-state index in [0.29, 0.717) is 5.89 Å². The molecule has 1 N–H and O–H groups in total. The van der Waals surface area contributed by atoms with E-state index in [0.717, 1.165) is 64.6 Å². The molecule has 128 valence electrons. The topological polar surface area (TPSA) is 77.7 Å². The Morgan fingerprint density at radius 3 is 2.61 bits per heavy atom. The number of hydrogen-bond donors (Lipinski definition) is 1. The molecule has 8 heteroatoms. The number of carbonyl (C=O) groups is 1. The highest BCUT2D eigenvalue weighted by Gasteiger charge is 2.26. The molecule has 23 heavy (non-hydrogen) atoms. The van der Waals surface area contributed by atoms with Crippen molar-refractivity contribution in [1.82, 2.24) is 30.2 Å². The Bertz CT molecular complexity index is 526. The highest BCUT2D eigenvalue weighted by atomic mass is 16.5. The van der Waals surface area contributed by atoms with Gasteiger partial charge < -0.3 is 14.7 Å². The summed E-state index contributed by atoms with van der Waals surface area (Å²) in [6.07, 6.45) is 0.800. The van der Waals surface area contributed by atoms with E-state index in [1.54, 1.807) is 0 Å². The number of rotatable bonds is 6. The van der Waals surface area contributed by atoms with Gasteiger partial charge in [0.15, 0.2) is 5.82 Å². The van der Waals surface area contributed by atoms with Gasteiger partial charge in [-0.2, -0.15) is 4.98 Å². The third-order valence-electron chi connectivity index (χ3n) is 4.74. The Balaban J connectivity index is 1.43. The number of aryl methyl sites for hydroxylation is 1. The van der Waals surface area contributed by atoms with Crippen LogP contribution < -0.4 is 5.32 Å². The van der Waals surface area contributed by atoms with Gasteiger partial charge in [-0.15, -0.1) is 0 Å². The minimum absolute atomic E-state index is 0.0698. The summed E-state index contributed by atoms with van der Waals surface area (Å²) in [5.41, 5.74) is 0. The molecule has 2 amide bonds. The van der Waals surface area contributed by atoms with Crippen LogP contribution in [-0.4, -0.2) is 83.2 Å². The molecule has 0 radical (unpaired) electrons. The zero-order valence-corrected chi connectivity index (χ0v) is 14.0. The summed E-state index contributed by atoms with van der Waals surface area (Å²) in [5, 5.41) is 6.82. The van der Waals surface area contributed by atoms with E-state index in [4.69, 9.17) is 4.52 Å². The summed E-state index contributed by atoms with van der Waals surface area (Å²) < 4.78 is 5.36. The molecule has 2 saturated heterocycles. The van der Waals surface area contributed by atoms with Gasteiger partial charge in [0.1, 0.15) is 0 Å². The van der Waals surface area contributed by atoms with Gasteiger partial charge in [-0.1, -0.05) is 12.1 Å². The van der Waals surface area contributed by atoms with E-state index < -0.39 is 0 Å². The maximum absolute atomic E-state index is 11.5. The van der Waals surface area contributed by atoms with Gasteiger partial charge in [0, 0.05) is 58.8 Å². The van der Waals surface area contributed by atoms with E-state index in [9.17, 15) is 4.79 Å². The molecule has 2 aliphatic heterocycles. The molecule has 0 spiro atoms. The number of nitrogens with zero attached hydrogens (tertiary/aromatic N) is 5. The van der Waals surface area contributed by atoms with Crippen LogP contribution in [0, 0.1) is 0 Å². The number of nitrogens with one attached hydrogen (secondary N) is 1. The van der Waals surface area contributed by atoms with Gasteiger partial charge in [0.2, 0.25) is 5.89 Å². The lowest BCUT2D eigenvalue weighted by atomic mass is 10.2. The summed E-state index contributed by atoms with van der Waals surface area (Å²) in [6.45, 7) is 11.5. The van der Waals surface area contributed by atoms with Gasteiger partial charge in [0.05, 0.1) is 6.04 Å². The fraction of sp³-hybridized carbons (Fsp3) is 0.800. The fourth-order valence-electron chi connectivity index (χ4n) is 3.10. The Morgan fingerprint density at radius 1 is 1.22 bits per heavy atom. The third-order valence-corrected chi connectivity index (χ3v) is 4.74. The first-order valence-corrected chi connectivity index (χ1v) is 8.49. The molecular weight excluding hydrogens is 296 g/mol.